The highest BCUT2D eigenvalue weighted by Gasteiger charge is 1.98. The molecule has 1 aliphatic rings. The lowest BCUT2D eigenvalue weighted by Gasteiger charge is -2.01. The van der Waals surface area contributed by atoms with Crippen LogP contribution in [0.2, 0.25) is 0 Å². The molecular weight excluding hydrogens is 180 g/mol. The van der Waals surface area contributed by atoms with E-state index in [9.17, 15) is 0 Å². The highest BCUT2D eigenvalue weighted by Crippen LogP contribution is 2.20. The Morgan fingerprint density at radius 1 is 0.933 bits per heavy atom. The van der Waals surface area contributed by atoms with Gasteiger partial charge in [0.15, 0.2) is 0 Å². The molecule has 0 spiro atoms. The zero-order valence-electron chi connectivity index (χ0n) is 8.85. The second-order valence-electron chi connectivity index (χ2n) is 3.47. The van der Waals surface area contributed by atoms with Gasteiger partial charge in [0.1, 0.15) is 0 Å². The molecule has 0 aliphatic heterocycles. The van der Waals surface area contributed by atoms with Crippen LogP contribution in [0.3, 0.4) is 0 Å². The zero-order chi connectivity index (χ0) is 10.5. The predicted molar refractivity (Wildman–Crippen MR) is 66.5 cm³/mol. The summed E-state index contributed by atoms with van der Waals surface area (Å²) in [6.45, 7) is 2.06. The fraction of sp³-hybridized carbons (Fsp3) is 0.0667. The number of hydrogen-bond acceptors (Lipinski definition) is 0. The molecule has 74 valence electrons. The van der Waals surface area contributed by atoms with Gasteiger partial charge < -0.3 is 0 Å². The van der Waals surface area contributed by atoms with Gasteiger partial charge in [0, 0.05) is 0 Å². The third-order valence-corrected chi connectivity index (χ3v) is 2.44. The van der Waals surface area contributed by atoms with Crippen molar-refractivity contribution in [2.45, 2.75) is 6.92 Å². The Morgan fingerprint density at radius 2 is 1.67 bits per heavy atom. The van der Waals surface area contributed by atoms with E-state index in [-0.39, 0.29) is 0 Å². The number of rotatable bonds is 1. The van der Waals surface area contributed by atoms with Gasteiger partial charge in [0.2, 0.25) is 0 Å². The summed E-state index contributed by atoms with van der Waals surface area (Å²) in [6, 6.07) is 10.4. The lowest BCUT2D eigenvalue weighted by molar-refractivity contribution is 1.58. The minimum Gasteiger partial charge on any atom is -0.0804 e. The van der Waals surface area contributed by atoms with E-state index in [4.69, 9.17) is 0 Å². The highest BCUT2D eigenvalue weighted by atomic mass is 14.0. The van der Waals surface area contributed by atoms with E-state index < -0.39 is 0 Å². The van der Waals surface area contributed by atoms with Gasteiger partial charge in [-0.05, 0) is 29.7 Å². The summed E-state index contributed by atoms with van der Waals surface area (Å²) in [6.07, 6.45) is 12.7. The standard InChI is InChI=1S/C15H14/c1-2-13-8-6-7-11-15(12-13)14-9-4-3-5-10-14/h2-12H,1H3/b13-2+. The van der Waals surface area contributed by atoms with Gasteiger partial charge in [0.25, 0.3) is 0 Å². The Bertz CT molecular complexity index is 442. The van der Waals surface area contributed by atoms with E-state index in [1.165, 1.54) is 16.7 Å². The normalized spacial score (nSPS) is 17.7. The van der Waals surface area contributed by atoms with E-state index in [0.717, 1.165) is 0 Å². The molecule has 15 heavy (non-hydrogen) atoms. The Labute approximate surface area is 91.0 Å². The second-order valence-corrected chi connectivity index (χ2v) is 3.47. The van der Waals surface area contributed by atoms with Crippen molar-refractivity contribution < 1.29 is 0 Å². The molecule has 0 nitrogen and oxygen atoms in total. The summed E-state index contributed by atoms with van der Waals surface area (Å²) in [5, 5.41) is 0. The molecule has 0 saturated carbocycles. The maximum atomic E-state index is 2.20. The molecule has 1 aromatic rings. The average molecular weight is 194 g/mol. The maximum absolute atomic E-state index is 2.20. The van der Waals surface area contributed by atoms with Crippen LogP contribution in [0.15, 0.2) is 72.4 Å². The van der Waals surface area contributed by atoms with Gasteiger partial charge in [-0.15, -0.1) is 0 Å². The number of benzene rings is 1. The molecule has 0 heteroatoms. The van der Waals surface area contributed by atoms with Crippen molar-refractivity contribution in [3.8, 4) is 0 Å². The van der Waals surface area contributed by atoms with Crippen molar-refractivity contribution in [3.05, 3.63) is 77.9 Å². The van der Waals surface area contributed by atoms with Gasteiger partial charge in [-0.2, -0.15) is 0 Å². The average Bonchev–Trinajstić information content (AvgIpc) is 2.55. The lowest BCUT2D eigenvalue weighted by atomic mass is 10.0. The van der Waals surface area contributed by atoms with E-state index >= 15 is 0 Å². The first-order valence-corrected chi connectivity index (χ1v) is 5.18. The fourth-order valence-corrected chi connectivity index (χ4v) is 1.59. The van der Waals surface area contributed by atoms with Gasteiger partial charge in [-0.1, -0.05) is 60.7 Å². The van der Waals surface area contributed by atoms with Crippen LogP contribution < -0.4 is 0 Å². The van der Waals surface area contributed by atoms with E-state index in [1.807, 2.05) is 6.07 Å². The minimum atomic E-state index is 1.25. The molecule has 0 bridgehead atoms. The molecule has 0 atom stereocenters. The summed E-state index contributed by atoms with van der Waals surface area (Å²) in [7, 11) is 0. The molecule has 0 radical (unpaired) electrons. The van der Waals surface area contributed by atoms with Crippen LogP contribution in [-0.2, 0) is 0 Å². The van der Waals surface area contributed by atoms with Crippen molar-refractivity contribution in [2.24, 2.45) is 0 Å². The molecule has 0 unspecified atom stereocenters. The molecular formula is C15H14. The van der Waals surface area contributed by atoms with Crippen LogP contribution in [0, 0.1) is 0 Å². The molecule has 2 rings (SSSR count). The summed E-state index contributed by atoms with van der Waals surface area (Å²) < 4.78 is 0. The zero-order valence-corrected chi connectivity index (χ0v) is 8.85. The monoisotopic (exact) mass is 194 g/mol. The van der Waals surface area contributed by atoms with Crippen LogP contribution in [0.1, 0.15) is 12.5 Å². The van der Waals surface area contributed by atoms with Crippen molar-refractivity contribution in [3.63, 3.8) is 0 Å². The van der Waals surface area contributed by atoms with Crippen LogP contribution >= 0.6 is 0 Å². The highest BCUT2D eigenvalue weighted by molar-refractivity contribution is 5.77. The summed E-state index contributed by atoms with van der Waals surface area (Å²) in [5.41, 5.74) is 3.77. The van der Waals surface area contributed by atoms with Crippen molar-refractivity contribution in [1.82, 2.24) is 0 Å². The smallest absolute Gasteiger partial charge is 0.0178 e. The van der Waals surface area contributed by atoms with Crippen molar-refractivity contribution >= 4 is 5.57 Å². The van der Waals surface area contributed by atoms with Crippen LogP contribution in [-0.4, -0.2) is 0 Å². The molecule has 1 aromatic carbocycles. The van der Waals surface area contributed by atoms with Crippen LogP contribution in [0.5, 0.6) is 0 Å². The van der Waals surface area contributed by atoms with Gasteiger partial charge in [0.05, 0.1) is 0 Å². The Morgan fingerprint density at radius 3 is 2.40 bits per heavy atom. The first-order chi connectivity index (χ1) is 7.40. The molecule has 0 heterocycles. The number of allylic oxidation sites excluding steroid dienone is 8. The molecule has 0 aromatic heterocycles. The van der Waals surface area contributed by atoms with Gasteiger partial charge >= 0.3 is 0 Å². The molecule has 1 aliphatic carbocycles. The Kier molecular flexibility index (Phi) is 2.99. The third-order valence-electron chi connectivity index (χ3n) is 2.44. The quantitative estimate of drug-likeness (QED) is 0.630. The van der Waals surface area contributed by atoms with E-state index in [0.29, 0.717) is 0 Å². The topological polar surface area (TPSA) is 0 Å². The van der Waals surface area contributed by atoms with Crippen LogP contribution in [0.25, 0.3) is 5.57 Å². The molecule has 0 saturated heterocycles. The number of hydrogen-bond donors (Lipinski definition) is 0. The Balaban J connectivity index is 2.42. The summed E-state index contributed by atoms with van der Waals surface area (Å²) in [5.74, 6) is 0. The minimum absolute atomic E-state index is 1.25. The Hall–Kier alpha value is -1.82. The third kappa shape index (κ3) is 2.35. The van der Waals surface area contributed by atoms with Crippen molar-refractivity contribution in [2.75, 3.05) is 0 Å². The molecule has 0 fully saturated rings. The second kappa shape index (κ2) is 4.61. The molecule has 0 N–H and O–H groups in total. The largest absolute Gasteiger partial charge is 0.0804 e. The van der Waals surface area contributed by atoms with Crippen molar-refractivity contribution in [1.29, 1.82) is 0 Å². The first kappa shape index (κ1) is 9.72. The fourth-order valence-electron chi connectivity index (χ4n) is 1.59. The lowest BCUT2D eigenvalue weighted by Crippen LogP contribution is -1.80. The summed E-state index contributed by atoms with van der Waals surface area (Å²) >= 11 is 0. The van der Waals surface area contributed by atoms with E-state index in [1.54, 1.807) is 0 Å². The van der Waals surface area contributed by atoms with E-state index in [2.05, 4.69) is 67.6 Å². The summed E-state index contributed by atoms with van der Waals surface area (Å²) in [4.78, 5) is 0. The van der Waals surface area contributed by atoms with Crippen LogP contribution in [0.4, 0.5) is 0 Å². The maximum Gasteiger partial charge on any atom is -0.0178 e. The predicted octanol–water partition coefficient (Wildman–Crippen LogP) is 4.14. The van der Waals surface area contributed by atoms with Gasteiger partial charge in [-0.25, -0.2) is 0 Å². The molecule has 0 amide bonds. The first-order valence-electron chi connectivity index (χ1n) is 5.18. The van der Waals surface area contributed by atoms with Gasteiger partial charge in [-0.3, -0.25) is 0 Å². The SMILES string of the molecule is C/C=C1\C=CC=CC(c2ccccc2)=C1.